The van der Waals surface area contributed by atoms with Crippen molar-refractivity contribution >= 4 is 19.8 Å². The summed E-state index contributed by atoms with van der Waals surface area (Å²) in [6.45, 7) is 7.07. The fourth-order valence-corrected chi connectivity index (χ4v) is 1.73. The molecule has 0 aromatic rings. The molecule has 0 bridgehead atoms. The molecule has 1 saturated carbocycles. The average Bonchev–Trinajstić information content (AvgIpc) is 2.08. The molecule has 0 amide bonds. The van der Waals surface area contributed by atoms with E-state index in [1.807, 2.05) is 0 Å². The molecule has 0 nitrogen and oxygen atoms in total. The fourth-order valence-electron chi connectivity index (χ4n) is 1.73. The Morgan fingerprint density at radius 2 is 1.92 bits per heavy atom. The van der Waals surface area contributed by atoms with Crippen LogP contribution in [0.2, 0.25) is 0 Å². The molecule has 0 aromatic carbocycles. The van der Waals surface area contributed by atoms with Gasteiger partial charge in [-0.3, -0.25) is 0 Å². The van der Waals surface area contributed by atoms with Gasteiger partial charge >= 0.3 is 34.5 Å². The second-order valence-corrected chi connectivity index (χ2v) is 4.52. The van der Waals surface area contributed by atoms with Crippen LogP contribution in [0.4, 0.5) is 0 Å². The van der Waals surface area contributed by atoms with Crippen LogP contribution in [-0.2, 0) is 14.8 Å². The van der Waals surface area contributed by atoms with Crippen molar-refractivity contribution < 1.29 is 14.8 Å². The average molecular weight is 332 g/mol. The van der Waals surface area contributed by atoms with Gasteiger partial charge in [0.2, 0.25) is 0 Å². The zero-order valence-electron chi connectivity index (χ0n) is 8.57. The van der Waals surface area contributed by atoms with Crippen molar-refractivity contribution in [1.29, 1.82) is 0 Å². The predicted molar refractivity (Wildman–Crippen MR) is 59.7 cm³/mol. The Balaban J connectivity index is 0.000000561. The van der Waals surface area contributed by atoms with E-state index in [0.717, 1.165) is 5.92 Å². The first-order valence-electron chi connectivity index (χ1n) is 4.69. The van der Waals surface area contributed by atoms with Crippen molar-refractivity contribution in [2.75, 3.05) is 0 Å². The summed E-state index contributed by atoms with van der Waals surface area (Å²) in [4.78, 5) is 0. The first-order valence-corrected chi connectivity index (χ1v) is 13.7. The van der Waals surface area contributed by atoms with Crippen molar-refractivity contribution in [3.8, 4) is 0 Å². The summed E-state index contributed by atoms with van der Waals surface area (Å²) in [5.74, 6) is 0.946. The van der Waals surface area contributed by atoms with Crippen LogP contribution in [0.25, 0.3) is 0 Å². The monoisotopic (exact) mass is 330 g/mol. The van der Waals surface area contributed by atoms with Crippen molar-refractivity contribution in [2.24, 2.45) is 11.3 Å². The summed E-state index contributed by atoms with van der Waals surface area (Å²) in [7, 11) is 0. The van der Waals surface area contributed by atoms with Crippen LogP contribution in [0.15, 0.2) is 0 Å². The van der Waals surface area contributed by atoms with Crippen molar-refractivity contribution in [2.45, 2.75) is 46.5 Å². The van der Waals surface area contributed by atoms with Crippen molar-refractivity contribution in [3.05, 3.63) is 6.42 Å². The number of halogens is 1. The van der Waals surface area contributed by atoms with Gasteiger partial charge in [-0.25, -0.2) is 0 Å². The Hall–Kier alpha value is 1.35. The van der Waals surface area contributed by atoms with Gasteiger partial charge in [0.1, 0.15) is 0 Å². The zero-order valence-corrected chi connectivity index (χ0v) is 13.7. The third-order valence-corrected chi connectivity index (χ3v) is 2.64. The summed E-state index contributed by atoms with van der Waals surface area (Å²) in [5, 5.41) is 0. The fraction of sp³-hybridized carbons (Fsp3) is 0.900. The third-order valence-electron chi connectivity index (χ3n) is 2.64. The second-order valence-electron chi connectivity index (χ2n) is 4.52. The van der Waals surface area contributed by atoms with E-state index in [4.69, 9.17) is 0 Å². The molecule has 0 saturated heterocycles. The van der Waals surface area contributed by atoms with Crippen molar-refractivity contribution in [3.63, 3.8) is 0 Å². The van der Waals surface area contributed by atoms with Crippen LogP contribution in [0, 0.1) is 17.8 Å². The Morgan fingerprint density at radius 1 is 1.33 bits per heavy atom. The molecule has 1 aliphatic carbocycles. The van der Waals surface area contributed by atoms with Gasteiger partial charge in [-0.15, -0.1) is 0 Å². The van der Waals surface area contributed by atoms with E-state index in [1.165, 1.54) is 40.5 Å². The number of hydrogen-bond acceptors (Lipinski definition) is 0. The van der Waals surface area contributed by atoms with Crippen LogP contribution < -0.4 is 0 Å². The summed E-state index contributed by atoms with van der Waals surface area (Å²) < 4.78 is 0. The van der Waals surface area contributed by atoms with Gasteiger partial charge in [0.15, 0.2) is 0 Å². The second kappa shape index (κ2) is 6.76. The zero-order chi connectivity index (χ0) is 9.61. The first kappa shape index (κ1) is 13.4. The maximum atomic E-state index is 2.46. The molecule has 0 aliphatic heterocycles. The van der Waals surface area contributed by atoms with Gasteiger partial charge < -0.3 is 6.42 Å². The molecule has 0 aromatic heterocycles. The van der Waals surface area contributed by atoms with E-state index in [-0.39, 0.29) is 0 Å². The van der Waals surface area contributed by atoms with Gasteiger partial charge in [0, 0.05) is 0 Å². The summed E-state index contributed by atoms with van der Waals surface area (Å²) in [5.41, 5.74) is 0.539. The third kappa shape index (κ3) is 5.16. The molecular weight excluding hydrogens is 312 g/mol. The molecule has 2 heteroatoms. The predicted octanol–water partition coefficient (Wildman–Crippen LogP) is 4.31. The molecule has 1 rings (SSSR count). The van der Waals surface area contributed by atoms with Crippen LogP contribution >= 0.6 is 19.8 Å². The van der Waals surface area contributed by atoms with Gasteiger partial charge in [0.05, 0.1) is 0 Å². The molecule has 0 N–H and O–H groups in total. The van der Waals surface area contributed by atoms with Crippen LogP contribution in [0.5, 0.6) is 0 Å². The Kier molecular flexibility index (Phi) is 7.52. The summed E-state index contributed by atoms with van der Waals surface area (Å²) in [6, 6.07) is 0. The van der Waals surface area contributed by atoms with E-state index in [1.54, 1.807) is 0 Å². The minimum atomic E-state index is 0.539. The molecule has 1 atom stereocenters. The molecule has 0 radical (unpaired) electrons. The molecule has 0 spiro atoms. The Labute approximate surface area is 98.1 Å². The van der Waals surface area contributed by atoms with E-state index >= 15 is 0 Å². The van der Waals surface area contributed by atoms with Crippen LogP contribution in [-0.4, -0.2) is 0 Å². The topological polar surface area (TPSA) is 0 Å². The summed E-state index contributed by atoms with van der Waals surface area (Å²) in [6.07, 6.45) is 8.03. The standard InChI is InChI=1S/C10H19.HI.Zn/c1-10(2,3)9-7-5-4-6-8-9;;/h5,9H,4,6-8H2,1-3H3;1H;/q-1;;+2/p-1. The first-order chi connectivity index (χ1) is 5.61. The maximum absolute atomic E-state index is 2.46. The molecule has 68 valence electrons. The quantitative estimate of drug-likeness (QED) is 0.352. The number of hydrogen-bond donors (Lipinski definition) is 0. The molecule has 1 fully saturated rings. The molecule has 12 heavy (non-hydrogen) atoms. The Bertz CT molecular complexity index is 101. The van der Waals surface area contributed by atoms with Gasteiger partial charge in [-0.1, -0.05) is 39.5 Å². The molecule has 1 aliphatic rings. The van der Waals surface area contributed by atoms with Gasteiger partial charge in [0.25, 0.3) is 0 Å². The van der Waals surface area contributed by atoms with E-state index < -0.39 is 0 Å². The van der Waals surface area contributed by atoms with Crippen molar-refractivity contribution in [1.82, 2.24) is 0 Å². The summed E-state index contributed by atoms with van der Waals surface area (Å²) >= 11 is 3.62. The van der Waals surface area contributed by atoms with Gasteiger partial charge in [-0.2, -0.15) is 12.8 Å². The number of rotatable bonds is 0. The SMILES string of the molecule is CC(C)(C)C1C[CH-]CCC1.[Zn+][I]. The molecular formula is C10H19IZn. The van der Waals surface area contributed by atoms with E-state index in [2.05, 4.69) is 46.9 Å². The van der Waals surface area contributed by atoms with Gasteiger partial charge in [-0.05, 0) is 5.41 Å². The van der Waals surface area contributed by atoms with Crippen LogP contribution in [0.1, 0.15) is 46.5 Å². The normalized spacial score (nSPS) is 24.3. The molecule has 1 unspecified atom stereocenters. The molecule has 0 heterocycles. The van der Waals surface area contributed by atoms with E-state index in [9.17, 15) is 0 Å². The Morgan fingerprint density at radius 3 is 2.17 bits per heavy atom. The van der Waals surface area contributed by atoms with Crippen LogP contribution in [0.3, 0.4) is 0 Å². The van der Waals surface area contributed by atoms with E-state index in [0.29, 0.717) is 5.41 Å². The minimum absolute atomic E-state index is 0.539.